The molecule has 1 aliphatic rings. The van der Waals surface area contributed by atoms with E-state index < -0.39 is 50.2 Å². The minimum atomic E-state index is -4.85. The Hall–Kier alpha value is -2.89. The van der Waals surface area contributed by atoms with Gasteiger partial charge in [0.15, 0.2) is 6.23 Å². The molecular weight excluding hydrogens is 491 g/mol. The summed E-state index contributed by atoms with van der Waals surface area (Å²) in [5.74, 6) is 0. The molecule has 0 unspecified atom stereocenters. The van der Waals surface area contributed by atoms with Gasteiger partial charge in [0.2, 0.25) is 0 Å². The second kappa shape index (κ2) is 9.87. The molecule has 0 aliphatic carbocycles. The number of nitrogens with one attached hydrogen (secondary N) is 1. The molecule has 2 heterocycles. The van der Waals surface area contributed by atoms with Gasteiger partial charge in [-0.1, -0.05) is 35.9 Å². The van der Waals surface area contributed by atoms with Crippen molar-refractivity contribution in [3.8, 4) is 22.3 Å². The largest absolute Gasteiger partial charge is 0.469 e. The van der Waals surface area contributed by atoms with Gasteiger partial charge in [-0.2, -0.15) is 0 Å². The van der Waals surface area contributed by atoms with Crippen molar-refractivity contribution in [3.05, 3.63) is 80.1 Å². The first kappa shape index (κ1) is 26.2. The molecule has 2 aromatic carbocycles. The van der Waals surface area contributed by atoms with E-state index in [1.54, 1.807) is 12.1 Å². The highest BCUT2D eigenvalue weighted by Gasteiger charge is 2.45. The van der Waals surface area contributed by atoms with Gasteiger partial charge in [0.25, 0.3) is 5.56 Å². The maximum atomic E-state index is 12.7. The van der Waals surface area contributed by atoms with Crippen LogP contribution in [0.3, 0.4) is 0 Å². The summed E-state index contributed by atoms with van der Waals surface area (Å²) in [6.45, 7) is 5.31. The molecule has 4 atom stereocenters. The van der Waals surface area contributed by atoms with E-state index in [4.69, 9.17) is 14.5 Å². The van der Waals surface area contributed by atoms with Gasteiger partial charge in [-0.25, -0.2) is 9.36 Å². The number of aryl methyl sites for hydroxylation is 3. The number of H-pyrrole nitrogens is 1. The number of hydrogen-bond donors (Lipinski definition) is 5. The first-order valence-corrected chi connectivity index (χ1v) is 12.6. The van der Waals surface area contributed by atoms with E-state index >= 15 is 0 Å². The van der Waals surface area contributed by atoms with Crippen molar-refractivity contribution in [2.75, 3.05) is 6.61 Å². The molecule has 0 bridgehead atoms. The fraction of sp³-hybridized carbons (Fsp3) is 0.333. The lowest BCUT2D eigenvalue weighted by Crippen LogP contribution is -2.38. The predicted molar refractivity (Wildman–Crippen MR) is 130 cm³/mol. The zero-order chi connectivity index (χ0) is 26.4. The van der Waals surface area contributed by atoms with Crippen LogP contribution in [-0.4, -0.2) is 54.5 Å². The molecule has 5 N–H and O–H groups in total. The van der Waals surface area contributed by atoms with Gasteiger partial charge in [0, 0.05) is 6.20 Å². The normalized spacial score (nSPS) is 22.2. The molecule has 0 saturated carbocycles. The zero-order valence-electron chi connectivity index (χ0n) is 19.8. The highest BCUT2D eigenvalue weighted by atomic mass is 31.2. The van der Waals surface area contributed by atoms with Crippen molar-refractivity contribution in [1.29, 1.82) is 0 Å². The summed E-state index contributed by atoms with van der Waals surface area (Å²) < 4.78 is 21.8. The van der Waals surface area contributed by atoms with Crippen LogP contribution in [0.1, 0.15) is 22.9 Å². The molecule has 0 spiro atoms. The van der Waals surface area contributed by atoms with Crippen molar-refractivity contribution < 1.29 is 33.8 Å². The van der Waals surface area contributed by atoms with Gasteiger partial charge in [0.1, 0.15) is 18.3 Å². The highest BCUT2D eigenvalue weighted by Crippen LogP contribution is 2.38. The molecule has 0 amide bonds. The van der Waals surface area contributed by atoms with Crippen LogP contribution in [-0.2, 0) is 13.8 Å². The van der Waals surface area contributed by atoms with Crippen LogP contribution in [0, 0.1) is 20.8 Å². The lowest BCUT2D eigenvalue weighted by molar-refractivity contribution is -0.0542. The topological polar surface area (TPSA) is 171 Å². The number of aromatic nitrogens is 2. The quantitative estimate of drug-likeness (QED) is 0.304. The number of aliphatic hydroxyl groups excluding tert-OH is 2. The minimum Gasteiger partial charge on any atom is -0.387 e. The third-order valence-electron chi connectivity index (χ3n) is 6.13. The smallest absolute Gasteiger partial charge is 0.387 e. The molecule has 36 heavy (non-hydrogen) atoms. The minimum absolute atomic E-state index is 0.124. The van der Waals surface area contributed by atoms with E-state index in [0.717, 1.165) is 32.4 Å². The second-order valence-electron chi connectivity index (χ2n) is 8.90. The van der Waals surface area contributed by atoms with Crippen LogP contribution in [0.25, 0.3) is 22.3 Å². The lowest BCUT2D eigenvalue weighted by atomic mass is 9.92. The summed E-state index contributed by atoms with van der Waals surface area (Å²) in [5, 5.41) is 20.7. The Morgan fingerprint density at radius 2 is 1.67 bits per heavy atom. The first-order chi connectivity index (χ1) is 16.9. The van der Waals surface area contributed by atoms with E-state index in [1.165, 1.54) is 6.20 Å². The molecule has 1 fully saturated rings. The number of ether oxygens (including phenoxy) is 1. The summed E-state index contributed by atoms with van der Waals surface area (Å²) in [6.07, 6.45) is -4.76. The first-order valence-electron chi connectivity index (χ1n) is 11.1. The number of nitrogens with zero attached hydrogens (tertiary/aromatic N) is 1. The molecule has 11 nitrogen and oxygen atoms in total. The van der Waals surface area contributed by atoms with Gasteiger partial charge in [-0.05, 0) is 54.7 Å². The van der Waals surface area contributed by atoms with E-state index in [0.29, 0.717) is 5.56 Å². The molecule has 12 heteroatoms. The monoisotopic (exact) mass is 518 g/mol. The van der Waals surface area contributed by atoms with Gasteiger partial charge in [0.05, 0.1) is 12.2 Å². The number of phosphoric acid groups is 1. The van der Waals surface area contributed by atoms with Crippen molar-refractivity contribution in [1.82, 2.24) is 9.55 Å². The molecule has 3 aromatic rings. The van der Waals surface area contributed by atoms with Crippen molar-refractivity contribution in [3.63, 3.8) is 0 Å². The maximum absolute atomic E-state index is 12.7. The number of aliphatic hydroxyl groups is 2. The SMILES string of the molecule is Cc1cc(C)c(-c2cccc(-c3cn([C@@H]4O[C@H](COP(=O)(O)O)[C@@H](O)[C@H]4O)c(=O)[nH]c3=O)c2)c(C)c1. The third-order valence-corrected chi connectivity index (χ3v) is 6.61. The third kappa shape index (κ3) is 5.28. The summed E-state index contributed by atoms with van der Waals surface area (Å²) >= 11 is 0. The maximum Gasteiger partial charge on any atom is 0.469 e. The number of aromatic amines is 1. The van der Waals surface area contributed by atoms with Gasteiger partial charge in [-0.3, -0.25) is 18.9 Å². The lowest BCUT2D eigenvalue weighted by Gasteiger charge is -2.18. The summed E-state index contributed by atoms with van der Waals surface area (Å²) in [6, 6.07) is 11.4. The zero-order valence-corrected chi connectivity index (χ0v) is 20.7. The van der Waals surface area contributed by atoms with E-state index in [9.17, 15) is 24.4 Å². The van der Waals surface area contributed by atoms with Crippen LogP contribution < -0.4 is 11.2 Å². The molecule has 1 aliphatic heterocycles. The number of hydrogen-bond acceptors (Lipinski definition) is 7. The molecule has 4 rings (SSSR count). The molecule has 1 aromatic heterocycles. The predicted octanol–water partition coefficient (Wildman–Crippen LogP) is 1.52. The van der Waals surface area contributed by atoms with Crippen molar-refractivity contribution in [2.24, 2.45) is 0 Å². The average molecular weight is 518 g/mol. The molecule has 192 valence electrons. The fourth-order valence-corrected chi connectivity index (χ4v) is 4.97. The summed E-state index contributed by atoms with van der Waals surface area (Å²) in [5.41, 5.74) is 4.27. The number of rotatable bonds is 6. The van der Waals surface area contributed by atoms with Crippen molar-refractivity contribution in [2.45, 2.75) is 45.3 Å². The average Bonchev–Trinajstić information content (AvgIpc) is 3.05. The molecule has 0 radical (unpaired) electrons. The van der Waals surface area contributed by atoms with E-state index in [2.05, 4.69) is 21.6 Å². The van der Waals surface area contributed by atoms with Crippen LogP contribution in [0.15, 0.2) is 52.2 Å². The Kier molecular flexibility index (Phi) is 7.18. The Labute approximate surface area is 205 Å². The Morgan fingerprint density at radius 3 is 2.31 bits per heavy atom. The fourth-order valence-electron chi connectivity index (χ4n) is 4.62. The van der Waals surface area contributed by atoms with Crippen LogP contribution in [0.5, 0.6) is 0 Å². The Bertz CT molecular complexity index is 1440. The Balaban J connectivity index is 1.72. The summed E-state index contributed by atoms with van der Waals surface area (Å²) in [7, 11) is -4.85. The van der Waals surface area contributed by atoms with Crippen LogP contribution in [0.2, 0.25) is 0 Å². The van der Waals surface area contributed by atoms with E-state index in [1.807, 2.05) is 32.9 Å². The number of benzene rings is 2. The van der Waals surface area contributed by atoms with Gasteiger partial charge < -0.3 is 24.7 Å². The van der Waals surface area contributed by atoms with Gasteiger partial charge in [-0.15, -0.1) is 0 Å². The van der Waals surface area contributed by atoms with Crippen molar-refractivity contribution >= 4 is 7.82 Å². The molecular formula is C24H27N2O9P. The standard InChI is InChI=1S/C24H27N2O9P/c1-12-7-13(2)19(14(3)8-12)16-6-4-5-15(9-16)17-10-26(24(30)25-22(17)29)23-21(28)20(27)18(35-23)11-34-36(31,32)33/h4-10,18,20-21,23,27-28H,11H2,1-3H3,(H,25,29,30)(H2,31,32,33)/t18-,20-,21-,23-/m1/s1. The van der Waals surface area contributed by atoms with Crippen LogP contribution >= 0.6 is 7.82 Å². The van der Waals surface area contributed by atoms with Crippen LogP contribution in [0.4, 0.5) is 0 Å². The Morgan fingerprint density at radius 1 is 1.03 bits per heavy atom. The second-order valence-corrected chi connectivity index (χ2v) is 10.1. The summed E-state index contributed by atoms with van der Waals surface area (Å²) in [4.78, 5) is 45.3. The molecule has 1 saturated heterocycles. The van der Waals surface area contributed by atoms with Gasteiger partial charge >= 0.3 is 13.5 Å². The van der Waals surface area contributed by atoms with E-state index in [-0.39, 0.29) is 5.56 Å². The highest BCUT2D eigenvalue weighted by molar-refractivity contribution is 7.46. The number of phosphoric ester groups is 1.